The zero-order chi connectivity index (χ0) is 25.3. The first kappa shape index (κ1) is 25.7. The van der Waals surface area contributed by atoms with Gasteiger partial charge in [-0.2, -0.15) is 9.78 Å². The number of ether oxygens (including phenoxy) is 2. The van der Waals surface area contributed by atoms with Gasteiger partial charge in [-0.1, -0.05) is 20.8 Å². The fourth-order valence-electron chi connectivity index (χ4n) is 7.40. The molecule has 1 heterocycles. The van der Waals surface area contributed by atoms with Crippen molar-refractivity contribution < 1.29 is 33.3 Å². The molecule has 0 radical (unpaired) electrons. The van der Waals surface area contributed by atoms with Crippen LogP contribution in [0.1, 0.15) is 91.9 Å². The number of hydrogen-bond acceptors (Lipinski definition) is 7. The summed E-state index contributed by atoms with van der Waals surface area (Å²) in [4.78, 5) is 37.8. The second kappa shape index (κ2) is 8.53. The van der Waals surface area contributed by atoms with Crippen LogP contribution in [0.15, 0.2) is 0 Å². The first-order valence-corrected chi connectivity index (χ1v) is 16.7. The fourth-order valence-corrected chi connectivity index (χ4v) is 8.39. The van der Waals surface area contributed by atoms with E-state index in [0.717, 1.165) is 57.8 Å². The van der Waals surface area contributed by atoms with Crippen LogP contribution in [0.2, 0.25) is 18.1 Å². The summed E-state index contributed by atoms with van der Waals surface area (Å²) in [6.45, 7) is 13.1. The Labute approximate surface area is 211 Å². The second-order valence-electron chi connectivity index (χ2n) is 13.6. The lowest BCUT2D eigenvalue weighted by molar-refractivity contribution is -0.393. The Hall–Kier alpha value is -0.963. The predicted octanol–water partition coefficient (Wildman–Crippen LogP) is 5.88. The predicted molar refractivity (Wildman–Crippen MR) is 131 cm³/mol. The average Bonchev–Trinajstić information content (AvgIpc) is 3.13. The number of esters is 1. The standard InChI is InChI=1S/C27H44O7Si/c1-7-30-22(28)14-18-8-10-26(11-9-18)32-27(34-33-26)20-12-19-13-21(27)17-25(15-19,16-20)23(29)31-35(5,6)24(2,3)4/h18-21H,7-17H2,1-6H3. The Bertz CT molecular complexity index is 838. The number of rotatable bonds is 5. The molecular formula is C27H44O7Si. The molecule has 2 spiro atoms. The first-order valence-electron chi connectivity index (χ1n) is 13.8. The molecule has 2 atom stereocenters. The van der Waals surface area contributed by atoms with E-state index in [0.29, 0.717) is 24.9 Å². The van der Waals surface area contributed by atoms with Gasteiger partial charge in [-0.3, -0.25) is 9.59 Å². The minimum absolute atomic E-state index is 0.00378. The maximum Gasteiger partial charge on any atom is 0.306 e. The minimum atomic E-state index is -2.19. The number of carbonyl (C=O) groups excluding carboxylic acids is 2. The molecule has 4 bridgehead atoms. The van der Waals surface area contributed by atoms with Gasteiger partial charge in [0.15, 0.2) is 0 Å². The van der Waals surface area contributed by atoms with E-state index in [1.54, 1.807) is 0 Å². The van der Waals surface area contributed by atoms with Gasteiger partial charge < -0.3 is 13.9 Å². The molecular weight excluding hydrogens is 464 g/mol. The molecule has 2 unspecified atom stereocenters. The van der Waals surface area contributed by atoms with Crippen LogP contribution in [0.5, 0.6) is 0 Å². The summed E-state index contributed by atoms with van der Waals surface area (Å²) in [5.74, 6) is -0.447. The topological polar surface area (TPSA) is 80.3 Å². The molecule has 7 nitrogen and oxygen atoms in total. The highest BCUT2D eigenvalue weighted by Gasteiger charge is 2.71. The smallest absolute Gasteiger partial charge is 0.306 e. The summed E-state index contributed by atoms with van der Waals surface area (Å²) in [6.07, 6.45) is 8.13. The largest absolute Gasteiger partial charge is 0.519 e. The van der Waals surface area contributed by atoms with Crippen molar-refractivity contribution in [2.45, 2.75) is 122 Å². The Morgan fingerprint density at radius 2 is 1.63 bits per heavy atom. The third kappa shape index (κ3) is 4.30. The van der Waals surface area contributed by atoms with Crippen LogP contribution in [0.3, 0.4) is 0 Å². The summed E-state index contributed by atoms with van der Waals surface area (Å²) in [5, 5.41) is -0.00378. The highest BCUT2D eigenvalue weighted by Crippen LogP contribution is 2.68. The van der Waals surface area contributed by atoms with Crippen molar-refractivity contribution >= 4 is 20.3 Å². The minimum Gasteiger partial charge on any atom is -0.519 e. The Balaban J connectivity index is 1.27. The van der Waals surface area contributed by atoms with E-state index < -0.39 is 25.3 Å². The van der Waals surface area contributed by atoms with Crippen LogP contribution >= 0.6 is 0 Å². The van der Waals surface area contributed by atoms with E-state index in [-0.39, 0.29) is 28.8 Å². The van der Waals surface area contributed by atoms with Gasteiger partial charge in [0.25, 0.3) is 14.3 Å². The average molecular weight is 509 g/mol. The molecule has 5 aliphatic carbocycles. The zero-order valence-electron chi connectivity index (χ0n) is 22.4. The van der Waals surface area contributed by atoms with Crippen molar-refractivity contribution in [1.29, 1.82) is 0 Å². The van der Waals surface area contributed by atoms with Crippen molar-refractivity contribution in [3.63, 3.8) is 0 Å². The summed E-state index contributed by atoms with van der Waals surface area (Å²) in [5.41, 5.74) is -0.406. The maximum absolute atomic E-state index is 13.7. The lowest BCUT2D eigenvalue weighted by atomic mass is 9.47. The quantitative estimate of drug-likeness (QED) is 0.261. The summed E-state index contributed by atoms with van der Waals surface area (Å²) >= 11 is 0. The summed E-state index contributed by atoms with van der Waals surface area (Å²) in [7, 11) is -2.19. The van der Waals surface area contributed by atoms with E-state index in [2.05, 4.69) is 33.9 Å². The van der Waals surface area contributed by atoms with Gasteiger partial charge in [0.1, 0.15) is 0 Å². The SMILES string of the molecule is CCOC(=O)CC1CCC2(CC1)OOC1(O2)C2CC3CC1CC(C(=O)O[Si](C)(C)C(C)(C)C)(C3)C2. The Morgan fingerprint density at radius 1 is 1.00 bits per heavy atom. The van der Waals surface area contributed by atoms with Gasteiger partial charge in [-0.25, -0.2) is 0 Å². The molecule has 8 heteroatoms. The fraction of sp³-hybridized carbons (Fsp3) is 0.926. The van der Waals surface area contributed by atoms with Crippen molar-refractivity contribution in [3.05, 3.63) is 0 Å². The van der Waals surface area contributed by atoms with Gasteiger partial charge >= 0.3 is 5.97 Å². The van der Waals surface area contributed by atoms with Gasteiger partial charge in [0.2, 0.25) is 11.6 Å². The highest BCUT2D eigenvalue weighted by molar-refractivity contribution is 6.75. The van der Waals surface area contributed by atoms with E-state index >= 15 is 0 Å². The van der Waals surface area contributed by atoms with Gasteiger partial charge in [-0.05, 0) is 81.8 Å². The van der Waals surface area contributed by atoms with Crippen LogP contribution in [0.25, 0.3) is 0 Å². The van der Waals surface area contributed by atoms with E-state index in [1.807, 2.05) is 6.92 Å². The molecule has 0 N–H and O–H groups in total. The molecule has 35 heavy (non-hydrogen) atoms. The lowest BCUT2D eigenvalue weighted by Crippen LogP contribution is -2.64. The monoisotopic (exact) mass is 508 g/mol. The molecule has 0 aromatic heterocycles. The molecule has 5 saturated carbocycles. The molecule has 0 aromatic rings. The molecule has 198 valence electrons. The van der Waals surface area contributed by atoms with Crippen molar-refractivity contribution in [2.24, 2.45) is 29.1 Å². The second-order valence-corrected chi connectivity index (χ2v) is 18.4. The normalized spacial score (nSPS) is 42.6. The molecule has 6 rings (SSSR count). The third-order valence-corrected chi connectivity index (χ3v) is 14.5. The first-order chi connectivity index (χ1) is 16.3. The zero-order valence-corrected chi connectivity index (χ0v) is 23.4. The van der Waals surface area contributed by atoms with Crippen LogP contribution < -0.4 is 0 Å². The van der Waals surface area contributed by atoms with Crippen molar-refractivity contribution in [2.75, 3.05) is 6.61 Å². The summed E-state index contributed by atoms with van der Waals surface area (Å²) < 4.78 is 18.3. The third-order valence-electron chi connectivity index (χ3n) is 10.2. The van der Waals surface area contributed by atoms with Crippen molar-refractivity contribution in [3.8, 4) is 0 Å². The maximum atomic E-state index is 13.7. The van der Waals surface area contributed by atoms with E-state index in [4.69, 9.17) is 23.7 Å². The summed E-state index contributed by atoms with van der Waals surface area (Å²) in [6, 6.07) is 0. The Kier molecular flexibility index (Phi) is 6.26. The molecule has 0 aromatic carbocycles. The lowest BCUT2D eigenvalue weighted by Gasteiger charge is -2.61. The highest BCUT2D eigenvalue weighted by atomic mass is 28.4. The Morgan fingerprint density at radius 3 is 2.20 bits per heavy atom. The number of carbonyl (C=O) groups is 2. The molecule has 0 amide bonds. The van der Waals surface area contributed by atoms with Crippen LogP contribution in [-0.4, -0.2) is 38.4 Å². The molecule has 6 fully saturated rings. The molecule has 6 aliphatic rings. The van der Waals surface area contributed by atoms with Crippen LogP contribution in [0, 0.1) is 29.1 Å². The van der Waals surface area contributed by atoms with Crippen LogP contribution in [-0.2, 0) is 33.3 Å². The van der Waals surface area contributed by atoms with Gasteiger partial charge in [0, 0.05) is 31.1 Å². The van der Waals surface area contributed by atoms with Crippen LogP contribution in [0.4, 0.5) is 0 Å². The number of hydrogen-bond donors (Lipinski definition) is 0. The van der Waals surface area contributed by atoms with Crippen molar-refractivity contribution in [1.82, 2.24) is 0 Å². The molecule has 1 aliphatic heterocycles. The van der Waals surface area contributed by atoms with Gasteiger partial charge in [-0.15, -0.1) is 0 Å². The van der Waals surface area contributed by atoms with E-state index in [9.17, 15) is 9.59 Å². The van der Waals surface area contributed by atoms with E-state index in [1.165, 1.54) is 0 Å². The van der Waals surface area contributed by atoms with Gasteiger partial charge in [0.05, 0.1) is 12.0 Å². The molecule has 1 saturated heterocycles.